The second kappa shape index (κ2) is 3.83. The summed E-state index contributed by atoms with van der Waals surface area (Å²) in [6.45, 7) is 1.67. The van der Waals surface area contributed by atoms with Crippen LogP contribution in [-0.2, 0) is 15.1 Å². The van der Waals surface area contributed by atoms with Gasteiger partial charge < -0.3 is 10.5 Å². The van der Waals surface area contributed by atoms with E-state index in [0.717, 1.165) is 10.5 Å². The first-order valence-corrected chi connectivity index (χ1v) is 6.01. The van der Waals surface area contributed by atoms with Gasteiger partial charge in [-0.3, -0.25) is 4.79 Å². The summed E-state index contributed by atoms with van der Waals surface area (Å²) in [5.74, 6) is -0.359. The summed E-state index contributed by atoms with van der Waals surface area (Å²) in [6, 6.07) is 7.53. The highest BCUT2D eigenvalue weighted by Crippen LogP contribution is 2.31. The number of hydrogen-bond donors (Lipinski definition) is 1. The molecule has 4 nitrogen and oxygen atoms in total. The van der Waals surface area contributed by atoms with E-state index < -0.39 is 5.60 Å². The maximum atomic E-state index is 11.7. The molecule has 0 radical (unpaired) electrons. The average Bonchev–Trinajstić information content (AvgIpc) is 2.54. The van der Waals surface area contributed by atoms with Crippen LogP contribution in [0.4, 0.5) is 0 Å². The van der Waals surface area contributed by atoms with Crippen LogP contribution in [0.1, 0.15) is 12.5 Å². The van der Waals surface area contributed by atoms with Crippen molar-refractivity contribution in [3.05, 3.63) is 29.8 Å². The van der Waals surface area contributed by atoms with Gasteiger partial charge in [-0.05, 0) is 25.3 Å². The molecule has 84 valence electrons. The number of rotatable bonds is 2. The number of carbonyl (C=O) groups excluding carboxylic acids is 1. The number of aliphatic imine (C=N–C) groups is 1. The van der Waals surface area contributed by atoms with Crippen molar-refractivity contribution in [1.29, 1.82) is 0 Å². The molecule has 2 rings (SSSR count). The molecular formula is C11H12N2O2S. The smallest absolute Gasteiger partial charge is 0.298 e. The average molecular weight is 236 g/mol. The van der Waals surface area contributed by atoms with Crippen LogP contribution in [0, 0.1) is 0 Å². The van der Waals surface area contributed by atoms with Crippen molar-refractivity contribution in [1.82, 2.24) is 0 Å². The first-order valence-electron chi connectivity index (χ1n) is 4.78. The lowest BCUT2D eigenvalue weighted by Crippen LogP contribution is -2.31. The molecule has 1 aliphatic heterocycles. The van der Waals surface area contributed by atoms with Crippen LogP contribution in [0.5, 0.6) is 0 Å². The zero-order valence-electron chi connectivity index (χ0n) is 9.06. The Hall–Kier alpha value is -1.49. The Morgan fingerprint density at radius 1 is 1.38 bits per heavy atom. The Morgan fingerprint density at radius 3 is 2.44 bits per heavy atom. The highest BCUT2D eigenvalue weighted by molar-refractivity contribution is 7.98. The minimum absolute atomic E-state index is 0.0681. The topological polar surface area (TPSA) is 64.7 Å². The zero-order valence-corrected chi connectivity index (χ0v) is 9.88. The van der Waals surface area contributed by atoms with Gasteiger partial charge in [-0.1, -0.05) is 12.1 Å². The molecular weight excluding hydrogens is 224 g/mol. The van der Waals surface area contributed by atoms with Crippen LogP contribution < -0.4 is 5.73 Å². The summed E-state index contributed by atoms with van der Waals surface area (Å²) < 4.78 is 5.29. The molecule has 0 fully saturated rings. The van der Waals surface area contributed by atoms with E-state index in [4.69, 9.17) is 10.5 Å². The number of hydrogen-bond acceptors (Lipinski definition) is 4. The normalized spacial score (nSPS) is 24.1. The number of amides is 1. The minimum Gasteiger partial charge on any atom is -0.444 e. The molecule has 1 aromatic rings. The van der Waals surface area contributed by atoms with Gasteiger partial charge in [0.05, 0.1) is 0 Å². The first kappa shape index (κ1) is 11.0. The van der Waals surface area contributed by atoms with Crippen molar-refractivity contribution in [2.45, 2.75) is 17.4 Å². The summed E-state index contributed by atoms with van der Waals surface area (Å²) in [5, 5.41) is 0. The van der Waals surface area contributed by atoms with Crippen LogP contribution in [0.15, 0.2) is 34.2 Å². The largest absolute Gasteiger partial charge is 0.444 e. The van der Waals surface area contributed by atoms with Gasteiger partial charge in [0, 0.05) is 10.5 Å². The quantitative estimate of drug-likeness (QED) is 0.790. The van der Waals surface area contributed by atoms with Crippen LogP contribution in [0.25, 0.3) is 0 Å². The van der Waals surface area contributed by atoms with E-state index in [1.165, 1.54) is 0 Å². The highest BCUT2D eigenvalue weighted by atomic mass is 32.2. The summed E-state index contributed by atoms with van der Waals surface area (Å²) in [4.78, 5) is 16.4. The predicted octanol–water partition coefficient (Wildman–Crippen LogP) is 1.50. The summed E-state index contributed by atoms with van der Waals surface area (Å²) >= 11 is 1.64. The molecule has 1 atom stereocenters. The Bertz CT molecular complexity index is 456. The number of benzene rings is 1. The van der Waals surface area contributed by atoms with Crippen LogP contribution >= 0.6 is 11.8 Å². The lowest BCUT2D eigenvalue weighted by molar-refractivity contribution is -0.130. The molecule has 0 aliphatic carbocycles. The molecule has 1 aromatic carbocycles. The van der Waals surface area contributed by atoms with Gasteiger partial charge in [0.2, 0.25) is 5.60 Å². The van der Waals surface area contributed by atoms with E-state index in [9.17, 15) is 4.79 Å². The number of thioether (sulfide) groups is 1. The lowest BCUT2D eigenvalue weighted by atomic mass is 9.95. The fourth-order valence-corrected chi connectivity index (χ4v) is 1.98. The molecule has 1 unspecified atom stereocenters. The van der Waals surface area contributed by atoms with Crippen LogP contribution in [0.2, 0.25) is 0 Å². The van der Waals surface area contributed by atoms with Gasteiger partial charge in [0.25, 0.3) is 11.9 Å². The number of amidine groups is 1. The Morgan fingerprint density at radius 2 is 2.00 bits per heavy atom. The number of nitrogens with two attached hydrogens (primary N) is 1. The van der Waals surface area contributed by atoms with Gasteiger partial charge in [-0.15, -0.1) is 11.8 Å². The SMILES string of the molecule is CSc1ccc(C2(C)OC(N)=NC2=O)cc1. The molecule has 1 amide bonds. The Kier molecular flexibility index (Phi) is 2.63. The molecule has 0 saturated carbocycles. The Balaban J connectivity index is 2.34. The summed E-state index contributed by atoms with van der Waals surface area (Å²) in [6.07, 6.45) is 2.00. The van der Waals surface area contributed by atoms with Gasteiger partial charge in [-0.25, -0.2) is 0 Å². The van der Waals surface area contributed by atoms with E-state index in [1.807, 2.05) is 30.5 Å². The van der Waals surface area contributed by atoms with Gasteiger partial charge in [0.15, 0.2) is 0 Å². The molecule has 1 aliphatic rings. The van der Waals surface area contributed by atoms with Crippen LogP contribution in [0.3, 0.4) is 0 Å². The molecule has 5 heteroatoms. The monoisotopic (exact) mass is 236 g/mol. The summed E-state index contributed by atoms with van der Waals surface area (Å²) in [5.41, 5.74) is 5.09. The zero-order chi connectivity index (χ0) is 11.8. The van der Waals surface area contributed by atoms with Gasteiger partial charge in [-0.2, -0.15) is 4.99 Å². The highest BCUT2D eigenvalue weighted by Gasteiger charge is 2.43. The minimum atomic E-state index is -1.07. The van der Waals surface area contributed by atoms with Crippen molar-refractivity contribution in [3.8, 4) is 0 Å². The van der Waals surface area contributed by atoms with E-state index in [0.29, 0.717) is 0 Å². The number of nitrogens with zero attached hydrogens (tertiary/aromatic N) is 1. The lowest BCUT2D eigenvalue weighted by Gasteiger charge is -2.21. The third kappa shape index (κ3) is 1.67. The van der Waals surface area contributed by atoms with Gasteiger partial charge >= 0.3 is 0 Å². The second-order valence-electron chi connectivity index (χ2n) is 3.62. The number of carbonyl (C=O) groups is 1. The Labute approximate surface area is 97.9 Å². The third-order valence-electron chi connectivity index (χ3n) is 2.57. The van der Waals surface area contributed by atoms with Crippen molar-refractivity contribution in [3.63, 3.8) is 0 Å². The van der Waals surface area contributed by atoms with E-state index in [-0.39, 0.29) is 11.9 Å². The van der Waals surface area contributed by atoms with Gasteiger partial charge in [0.1, 0.15) is 0 Å². The molecule has 0 aromatic heterocycles. The van der Waals surface area contributed by atoms with E-state index >= 15 is 0 Å². The third-order valence-corrected chi connectivity index (χ3v) is 3.31. The second-order valence-corrected chi connectivity index (χ2v) is 4.50. The maximum absolute atomic E-state index is 11.7. The summed E-state index contributed by atoms with van der Waals surface area (Å²) in [7, 11) is 0. The fraction of sp³-hybridized carbons (Fsp3) is 0.273. The predicted molar refractivity (Wildman–Crippen MR) is 63.3 cm³/mol. The van der Waals surface area contributed by atoms with Crippen molar-refractivity contribution >= 4 is 23.7 Å². The van der Waals surface area contributed by atoms with E-state index in [2.05, 4.69) is 4.99 Å². The standard InChI is InChI=1S/C11H12N2O2S/c1-11(9(14)13-10(12)15-11)7-3-5-8(16-2)6-4-7/h3-6H,1-2H3,(H2,12,13,14). The van der Waals surface area contributed by atoms with Crippen molar-refractivity contribution < 1.29 is 9.53 Å². The van der Waals surface area contributed by atoms with E-state index in [1.54, 1.807) is 18.7 Å². The fourth-order valence-electron chi connectivity index (χ4n) is 1.57. The molecule has 2 N–H and O–H groups in total. The maximum Gasteiger partial charge on any atom is 0.298 e. The number of ether oxygens (including phenoxy) is 1. The molecule has 0 saturated heterocycles. The van der Waals surface area contributed by atoms with Crippen molar-refractivity contribution in [2.24, 2.45) is 10.7 Å². The van der Waals surface area contributed by atoms with Crippen LogP contribution in [-0.4, -0.2) is 18.2 Å². The molecule has 16 heavy (non-hydrogen) atoms. The molecule has 1 heterocycles. The van der Waals surface area contributed by atoms with Crippen molar-refractivity contribution in [2.75, 3.05) is 6.26 Å². The molecule has 0 spiro atoms. The molecule has 0 bridgehead atoms. The first-order chi connectivity index (χ1) is 7.56.